The van der Waals surface area contributed by atoms with Gasteiger partial charge in [0.15, 0.2) is 11.5 Å². The first-order valence-electron chi connectivity index (χ1n) is 5.97. The van der Waals surface area contributed by atoms with Crippen LogP contribution < -0.4 is 14.8 Å². The number of nitrogens with one attached hydrogen (secondary N) is 1. The van der Waals surface area contributed by atoms with Gasteiger partial charge in [-0.1, -0.05) is 0 Å². The Morgan fingerprint density at radius 3 is 3.00 bits per heavy atom. The molecule has 0 radical (unpaired) electrons. The topological polar surface area (TPSA) is 43.4 Å². The number of rotatable bonds is 3. The molecule has 1 aromatic heterocycles. The first-order chi connectivity index (χ1) is 9.22. The van der Waals surface area contributed by atoms with Crippen LogP contribution in [-0.2, 0) is 6.54 Å². The molecule has 2 heterocycles. The van der Waals surface area contributed by atoms with Crippen molar-refractivity contribution in [2.24, 2.45) is 0 Å². The van der Waals surface area contributed by atoms with Gasteiger partial charge >= 0.3 is 0 Å². The number of ether oxygens (including phenoxy) is 2. The Kier molecular flexibility index (Phi) is 3.29. The zero-order chi connectivity index (χ0) is 13.2. The maximum Gasteiger partial charge on any atom is 0.231 e. The number of fused-ring (bicyclic) bond motifs is 1. The molecule has 1 aliphatic rings. The van der Waals surface area contributed by atoms with E-state index >= 15 is 0 Å². The van der Waals surface area contributed by atoms with Crippen molar-refractivity contribution >= 4 is 21.6 Å². The molecule has 19 heavy (non-hydrogen) atoms. The van der Waals surface area contributed by atoms with Gasteiger partial charge in [0.25, 0.3) is 0 Å². The van der Waals surface area contributed by atoms with Gasteiger partial charge in [0.2, 0.25) is 6.79 Å². The second-order valence-electron chi connectivity index (χ2n) is 4.35. The molecule has 1 N–H and O–H groups in total. The van der Waals surface area contributed by atoms with Crippen molar-refractivity contribution in [3.63, 3.8) is 0 Å². The Morgan fingerprint density at radius 2 is 2.21 bits per heavy atom. The first-order valence-corrected chi connectivity index (χ1v) is 6.76. The molecule has 0 bridgehead atoms. The van der Waals surface area contributed by atoms with Crippen LogP contribution in [0.2, 0.25) is 0 Å². The molecule has 3 rings (SSSR count). The van der Waals surface area contributed by atoms with Crippen LogP contribution in [0.25, 0.3) is 0 Å². The van der Waals surface area contributed by atoms with Crippen molar-refractivity contribution in [1.82, 2.24) is 4.98 Å². The Hall–Kier alpha value is -1.75. The van der Waals surface area contributed by atoms with E-state index in [9.17, 15) is 0 Å². The van der Waals surface area contributed by atoms with Gasteiger partial charge < -0.3 is 14.8 Å². The molecule has 2 aromatic rings. The minimum atomic E-state index is 0.284. The van der Waals surface area contributed by atoms with Gasteiger partial charge in [-0.15, -0.1) is 0 Å². The molecule has 0 amide bonds. The van der Waals surface area contributed by atoms with Crippen molar-refractivity contribution in [3.8, 4) is 11.5 Å². The lowest BCUT2D eigenvalue weighted by Crippen LogP contribution is -2.00. The van der Waals surface area contributed by atoms with E-state index in [-0.39, 0.29) is 6.79 Å². The second kappa shape index (κ2) is 5.09. The number of aromatic nitrogens is 1. The van der Waals surface area contributed by atoms with Crippen LogP contribution in [0.1, 0.15) is 11.3 Å². The number of anilines is 1. The van der Waals surface area contributed by atoms with Gasteiger partial charge in [0.05, 0.1) is 16.4 Å². The standard InChI is InChI=1S/C14H13BrN2O2/c1-9-2-3-11(7-16-9)17-6-10-4-12(15)14-13(5-10)18-8-19-14/h2-5,7,17H,6,8H2,1H3. The largest absolute Gasteiger partial charge is 0.454 e. The number of aryl methyl sites for hydroxylation is 1. The summed E-state index contributed by atoms with van der Waals surface area (Å²) in [5.41, 5.74) is 3.13. The van der Waals surface area contributed by atoms with Crippen molar-refractivity contribution in [2.75, 3.05) is 12.1 Å². The van der Waals surface area contributed by atoms with Gasteiger partial charge in [-0.3, -0.25) is 4.98 Å². The third kappa shape index (κ3) is 2.66. The molecule has 0 aliphatic carbocycles. The summed E-state index contributed by atoms with van der Waals surface area (Å²) in [4.78, 5) is 4.25. The Morgan fingerprint density at radius 1 is 1.32 bits per heavy atom. The van der Waals surface area contributed by atoms with E-state index in [0.717, 1.165) is 32.9 Å². The lowest BCUT2D eigenvalue weighted by molar-refractivity contribution is 0.173. The van der Waals surface area contributed by atoms with Crippen LogP contribution in [0.3, 0.4) is 0 Å². The van der Waals surface area contributed by atoms with E-state index in [1.54, 1.807) is 0 Å². The van der Waals surface area contributed by atoms with Crippen LogP contribution in [0, 0.1) is 6.92 Å². The predicted molar refractivity (Wildman–Crippen MR) is 76.6 cm³/mol. The van der Waals surface area contributed by atoms with Crippen LogP contribution in [-0.4, -0.2) is 11.8 Å². The van der Waals surface area contributed by atoms with E-state index in [4.69, 9.17) is 9.47 Å². The fourth-order valence-corrected chi connectivity index (χ4v) is 2.50. The van der Waals surface area contributed by atoms with Crippen LogP contribution >= 0.6 is 15.9 Å². The summed E-state index contributed by atoms with van der Waals surface area (Å²) < 4.78 is 11.7. The Bertz CT molecular complexity index is 599. The highest BCUT2D eigenvalue weighted by molar-refractivity contribution is 9.10. The molecular weight excluding hydrogens is 308 g/mol. The quantitative estimate of drug-likeness (QED) is 0.940. The Balaban J connectivity index is 1.73. The molecule has 0 unspecified atom stereocenters. The molecule has 0 atom stereocenters. The average Bonchev–Trinajstić information content (AvgIpc) is 2.87. The number of halogens is 1. The molecule has 98 valence electrons. The predicted octanol–water partition coefficient (Wildman–Crippen LogP) is 3.49. The highest BCUT2D eigenvalue weighted by Gasteiger charge is 2.17. The van der Waals surface area contributed by atoms with E-state index in [0.29, 0.717) is 6.54 Å². The summed E-state index contributed by atoms with van der Waals surface area (Å²) in [6.07, 6.45) is 1.83. The van der Waals surface area contributed by atoms with Gasteiger partial charge in [0.1, 0.15) is 0 Å². The molecule has 1 aromatic carbocycles. The monoisotopic (exact) mass is 320 g/mol. The molecule has 0 fully saturated rings. The van der Waals surface area contributed by atoms with E-state index in [1.165, 1.54) is 0 Å². The zero-order valence-electron chi connectivity index (χ0n) is 10.4. The first kappa shape index (κ1) is 12.3. The average molecular weight is 321 g/mol. The minimum Gasteiger partial charge on any atom is -0.454 e. The van der Waals surface area contributed by atoms with Gasteiger partial charge in [0, 0.05) is 12.2 Å². The summed E-state index contributed by atoms with van der Waals surface area (Å²) in [7, 11) is 0. The van der Waals surface area contributed by atoms with Crippen LogP contribution in [0.15, 0.2) is 34.9 Å². The van der Waals surface area contributed by atoms with Crippen molar-refractivity contribution < 1.29 is 9.47 Å². The van der Waals surface area contributed by atoms with Crippen LogP contribution in [0.4, 0.5) is 5.69 Å². The molecule has 0 spiro atoms. The van der Waals surface area contributed by atoms with E-state index in [2.05, 4.69) is 26.2 Å². The lowest BCUT2D eigenvalue weighted by atomic mass is 10.2. The highest BCUT2D eigenvalue weighted by Crippen LogP contribution is 2.40. The fraction of sp³-hybridized carbons (Fsp3) is 0.214. The molecule has 0 saturated heterocycles. The maximum absolute atomic E-state index is 5.40. The number of nitrogens with zero attached hydrogens (tertiary/aromatic N) is 1. The minimum absolute atomic E-state index is 0.284. The van der Waals surface area contributed by atoms with Gasteiger partial charge in [-0.05, 0) is 52.7 Å². The summed E-state index contributed by atoms with van der Waals surface area (Å²) in [5, 5.41) is 3.33. The second-order valence-corrected chi connectivity index (χ2v) is 5.21. The SMILES string of the molecule is Cc1ccc(NCc2cc(Br)c3c(c2)OCO3)cn1. The lowest BCUT2D eigenvalue weighted by Gasteiger charge is -2.08. The summed E-state index contributed by atoms with van der Waals surface area (Å²) in [6, 6.07) is 8.02. The fourth-order valence-electron chi connectivity index (χ4n) is 1.90. The maximum atomic E-state index is 5.40. The zero-order valence-corrected chi connectivity index (χ0v) is 12.0. The molecule has 0 saturated carbocycles. The normalized spacial score (nSPS) is 12.5. The van der Waals surface area contributed by atoms with Crippen molar-refractivity contribution in [2.45, 2.75) is 13.5 Å². The van der Waals surface area contributed by atoms with Crippen molar-refractivity contribution in [3.05, 3.63) is 46.2 Å². The number of benzene rings is 1. The third-order valence-electron chi connectivity index (χ3n) is 2.90. The Labute approximate surface area is 119 Å². The van der Waals surface area contributed by atoms with E-state index < -0.39 is 0 Å². The van der Waals surface area contributed by atoms with Crippen LogP contribution in [0.5, 0.6) is 11.5 Å². The number of hydrogen-bond acceptors (Lipinski definition) is 4. The summed E-state index contributed by atoms with van der Waals surface area (Å²) >= 11 is 3.49. The smallest absolute Gasteiger partial charge is 0.231 e. The van der Waals surface area contributed by atoms with Crippen molar-refractivity contribution in [1.29, 1.82) is 0 Å². The molecule has 1 aliphatic heterocycles. The molecule has 5 heteroatoms. The molecule has 4 nitrogen and oxygen atoms in total. The third-order valence-corrected chi connectivity index (χ3v) is 3.48. The summed E-state index contributed by atoms with van der Waals surface area (Å²) in [6.45, 7) is 2.96. The number of pyridine rings is 1. The highest BCUT2D eigenvalue weighted by atomic mass is 79.9. The molecular formula is C14H13BrN2O2. The number of hydrogen-bond donors (Lipinski definition) is 1. The summed E-state index contributed by atoms with van der Waals surface area (Å²) in [5.74, 6) is 1.56. The van der Waals surface area contributed by atoms with E-state index in [1.807, 2.05) is 37.4 Å². The van der Waals surface area contributed by atoms with Gasteiger partial charge in [-0.2, -0.15) is 0 Å². The van der Waals surface area contributed by atoms with Gasteiger partial charge in [-0.25, -0.2) is 0 Å².